The summed E-state index contributed by atoms with van der Waals surface area (Å²) in [6, 6.07) is 7.42. The molecule has 82 heavy (non-hydrogen) atoms. The topological polar surface area (TPSA) is 445 Å². The lowest BCUT2D eigenvalue weighted by Crippen LogP contribution is -2.61. The number of nitrogens with two attached hydrogens (primary N) is 5. The van der Waals surface area contributed by atoms with E-state index in [0.717, 1.165) is 23.4 Å². The van der Waals surface area contributed by atoms with Gasteiger partial charge in [-0.2, -0.15) is 0 Å². The van der Waals surface area contributed by atoms with Gasteiger partial charge in [0.25, 0.3) is 5.97 Å². The Kier molecular flexibility index (Phi) is 31.0. The van der Waals surface area contributed by atoms with E-state index in [2.05, 4.69) is 52.5 Å². The summed E-state index contributed by atoms with van der Waals surface area (Å²) in [6.07, 6.45) is 4.06. The molecule has 0 fully saturated rings. The average molecular weight is 1150 g/mol. The first-order valence-corrected chi connectivity index (χ1v) is 27.7. The van der Waals surface area contributed by atoms with E-state index in [4.69, 9.17) is 38.6 Å². The van der Waals surface area contributed by atoms with E-state index < -0.39 is 120 Å². The SMILES string of the molecule is CC(=O)O.CCC(C)C(NC(=O)C(N)Cc1ccccc1)C(=O)NC(C)C(=O)NC(Cc1c[nH]c2ccccc12)C(=O)NC(CC(C)C)C(=O)NC(C(=O)NC(CCCCN)C(=O)NCC(=O)NC(CCCN=C(N)N)C(N)=O)C(C)C. The Bertz CT molecular complexity index is 2600. The summed E-state index contributed by atoms with van der Waals surface area (Å²) in [7, 11) is 0. The van der Waals surface area contributed by atoms with E-state index in [1.54, 1.807) is 27.0 Å². The Morgan fingerprint density at radius 2 is 1.20 bits per heavy atom. The van der Waals surface area contributed by atoms with Gasteiger partial charge in [-0.25, -0.2) is 0 Å². The minimum Gasteiger partial charge on any atom is -0.481 e. The standard InChI is InChI=1S/C54H85N15O9.C2H4O2/c1-8-32(6)45(69-48(73)37(56)26-34-17-10-9-11-18-34)53(78)63-33(7)47(72)66-42(27-35-28-61-38-20-13-12-19-36(35)38)50(75)67-41(25-30(2)3)51(76)68-44(31(4)5)52(77)65-40(21-14-15-23-55)49(74)62-29-43(70)64-39(46(57)71)22-16-24-60-54(58)59;1-2(3)4/h9-13,17-20,28,30-33,37,39-42,44-45,61H,8,14-16,21-27,29,55-56H2,1-7H3,(H2,57,71)(H,62,74)(H,63,78)(H,64,70)(H,65,77)(H,66,72)(H,67,75)(H,68,76)(H,69,73)(H4,58,59,60);1H3,(H,3,4). The van der Waals surface area contributed by atoms with Crippen molar-refractivity contribution in [3.63, 3.8) is 0 Å². The number of rotatable bonds is 34. The lowest BCUT2D eigenvalue weighted by Gasteiger charge is -2.29. The largest absolute Gasteiger partial charge is 0.481 e. The van der Waals surface area contributed by atoms with Gasteiger partial charge in [-0.1, -0.05) is 96.5 Å². The number of nitrogens with one attached hydrogen (secondary N) is 9. The van der Waals surface area contributed by atoms with Crippen molar-refractivity contribution in [2.45, 2.75) is 162 Å². The van der Waals surface area contributed by atoms with Gasteiger partial charge in [-0.3, -0.25) is 52.9 Å². The summed E-state index contributed by atoms with van der Waals surface area (Å²) in [5.41, 5.74) is 30.4. The molecule has 3 aromatic rings. The number of primary amides is 1. The van der Waals surface area contributed by atoms with E-state index >= 15 is 0 Å². The molecule has 26 nitrogen and oxygen atoms in total. The number of aromatic nitrogens is 1. The second-order valence-electron chi connectivity index (χ2n) is 21.0. The van der Waals surface area contributed by atoms with Crippen molar-refractivity contribution in [1.29, 1.82) is 0 Å². The van der Waals surface area contributed by atoms with Gasteiger partial charge in [0.15, 0.2) is 5.96 Å². The normalized spacial score (nSPS) is 14.3. The predicted octanol–water partition coefficient (Wildman–Crippen LogP) is -0.683. The summed E-state index contributed by atoms with van der Waals surface area (Å²) in [4.78, 5) is 139. The molecule has 1 heterocycles. The highest BCUT2D eigenvalue weighted by Crippen LogP contribution is 2.20. The maximum atomic E-state index is 14.6. The second-order valence-corrected chi connectivity index (χ2v) is 21.0. The Labute approximate surface area is 479 Å². The van der Waals surface area contributed by atoms with Crippen LogP contribution in [0.5, 0.6) is 0 Å². The predicted molar refractivity (Wildman–Crippen MR) is 311 cm³/mol. The Hall–Kier alpha value is -8.13. The van der Waals surface area contributed by atoms with Crippen LogP contribution in [0.15, 0.2) is 65.8 Å². The number of unbranched alkanes of at least 4 members (excludes halogenated alkanes) is 1. The smallest absolute Gasteiger partial charge is 0.300 e. The van der Waals surface area contributed by atoms with Gasteiger partial charge >= 0.3 is 0 Å². The first-order chi connectivity index (χ1) is 38.7. The van der Waals surface area contributed by atoms with Crippen LogP contribution in [0.25, 0.3) is 10.9 Å². The fourth-order valence-electron chi connectivity index (χ4n) is 8.43. The maximum absolute atomic E-state index is 14.6. The van der Waals surface area contributed by atoms with Crippen LogP contribution in [0.2, 0.25) is 0 Å². The molecule has 3 rings (SSSR count). The number of carbonyl (C=O) groups is 10. The summed E-state index contributed by atoms with van der Waals surface area (Å²) < 4.78 is 0. The third kappa shape index (κ3) is 25.5. The molecule has 0 aliphatic heterocycles. The molecule has 9 amide bonds. The zero-order valence-corrected chi connectivity index (χ0v) is 48.5. The number of hydrogen-bond donors (Lipinski definition) is 15. The average Bonchev–Trinajstić information content (AvgIpc) is 3.82. The zero-order valence-electron chi connectivity index (χ0n) is 48.5. The van der Waals surface area contributed by atoms with Gasteiger partial charge in [-0.15, -0.1) is 0 Å². The lowest BCUT2D eigenvalue weighted by molar-refractivity contribution is -0.136. The number of carbonyl (C=O) groups excluding carboxylic acids is 9. The Morgan fingerprint density at radius 3 is 1.79 bits per heavy atom. The van der Waals surface area contributed by atoms with E-state index in [-0.39, 0.29) is 56.4 Å². The van der Waals surface area contributed by atoms with Crippen molar-refractivity contribution in [3.05, 3.63) is 71.9 Å². The van der Waals surface area contributed by atoms with Crippen LogP contribution in [0.4, 0.5) is 0 Å². The number of para-hydroxylation sites is 1. The number of guanidine groups is 1. The van der Waals surface area contributed by atoms with E-state index in [0.29, 0.717) is 37.8 Å². The van der Waals surface area contributed by atoms with Crippen molar-refractivity contribution in [3.8, 4) is 0 Å². The van der Waals surface area contributed by atoms with Crippen molar-refractivity contribution in [2.24, 2.45) is 51.4 Å². The monoisotopic (exact) mass is 1150 g/mol. The zero-order chi connectivity index (χ0) is 61.6. The van der Waals surface area contributed by atoms with E-state index in [9.17, 15) is 43.2 Å². The van der Waals surface area contributed by atoms with Crippen LogP contribution in [-0.2, 0) is 60.8 Å². The van der Waals surface area contributed by atoms with E-state index in [1.165, 1.54) is 6.92 Å². The maximum Gasteiger partial charge on any atom is 0.300 e. The molecule has 0 saturated carbocycles. The van der Waals surface area contributed by atoms with Crippen LogP contribution in [0.3, 0.4) is 0 Å². The number of fused-ring (bicyclic) bond motifs is 1. The van der Waals surface area contributed by atoms with Crippen molar-refractivity contribution < 1.29 is 53.1 Å². The molecule has 454 valence electrons. The fourth-order valence-corrected chi connectivity index (χ4v) is 8.43. The number of aromatic amines is 1. The molecule has 0 spiro atoms. The molecule has 0 aliphatic rings. The Morgan fingerprint density at radius 1 is 0.622 bits per heavy atom. The number of carboxylic acids is 1. The van der Waals surface area contributed by atoms with Crippen LogP contribution in [0, 0.1) is 17.8 Å². The highest BCUT2D eigenvalue weighted by Gasteiger charge is 2.35. The van der Waals surface area contributed by atoms with E-state index in [1.807, 2.05) is 75.4 Å². The first-order valence-electron chi connectivity index (χ1n) is 27.7. The minimum atomic E-state index is -1.30. The van der Waals surface area contributed by atoms with Crippen LogP contribution >= 0.6 is 0 Å². The quantitative estimate of drug-likeness (QED) is 0.0200. The molecule has 1 aromatic heterocycles. The number of amides is 9. The highest BCUT2D eigenvalue weighted by atomic mass is 16.4. The number of hydrogen-bond acceptors (Lipinski definition) is 13. The molecule has 2 aromatic carbocycles. The molecule has 0 radical (unpaired) electrons. The Balaban J connectivity index is 0.00000554. The minimum absolute atomic E-state index is 0.0398. The highest BCUT2D eigenvalue weighted by molar-refractivity contribution is 5.98. The molecule has 9 atom stereocenters. The summed E-state index contributed by atoms with van der Waals surface area (Å²) >= 11 is 0. The number of aliphatic carboxylic acids is 1. The van der Waals surface area contributed by atoms with Crippen LogP contribution < -0.4 is 71.2 Å². The van der Waals surface area contributed by atoms with Crippen LogP contribution in [0.1, 0.15) is 111 Å². The molecule has 0 aliphatic carbocycles. The van der Waals surface area contributed by atoms with Crippen molar-refractivity contribution >= 4 is 76.0 Å². The summed E-state index contributed by atoms with van der Waals surface area (Å²) in [6.45, 7) is 13.2. The second kappa shape index (κ2) is 36.3. The number of nitrogens with zero attached hydrogens (tertiary/aromatic N) is 1. The van der Waals surface area contributed by atoms with Gasteiger partial charge in [0.1, 0.15) is 42.3 Å². The fraction of sp³-hybridized carbons (Fsp3) is 0.554. The molecular weight excluding hydrogens is 1060 g/mol. The molecule has 0 saturated heterocycles. The molecule has 26 heteroatoms. The van der Waals surface area contributed by atoms with Gasteiger partial charge in [0.05, 0.1) is 12.6 Å². The summed E-state index contributed by atoms with van der Waals surface area (Å²) in [5.74, 6) is -8.30. The van der Waals surface area contributed by atoms with Crippen molar-refractivity contribution in [2.75, 3.05) is 19.6 Å². The molecule has 20 N–H and O–H groups in total. The number of carboxylic acid groups (broad SMARTS) is 1. The first kappa shape index (κ1) is 70.0. The molecule has 0 bridgehead atoms. The number of benzene rings is 2. The third-order valence-corrected chi connectivity index (χ3v) is 13.1. The van der Waals surface area contributed by atoms with Crippen LogP contribution in [-0.4, -0.2) is 143 Å². The summed E-state index contributed by atoms with van der Waals surface area (Å²) in [5, 5.41) is 29.7. The van der Waals surface area contributed by atoms with Gasteiger partial charge in [0, 0.05) is 37.0 Å². The van der Waals surface area contributed by atoms with Gasteiger partial charge < -0.3 is 81.3 Å². The molecular formula is C56H89N15O11. The van der Waals surface area contributed by atoms with Gasteiger partial charge in [-0.05, 0) is 93.4 Å². The molecule has 9 unspecified atom stereocenters. The number of aliphatic imine (C=N–C) groups is 1. The lowest BCUT2D eigenvalue weighted by atomic mass is 9.97. The van der Waals surface area contributed by atoms with Gasteiger partial charge in [0.2, 0.25) is 53.2 Å². The third-order valence-electron chi connectivity index (χ3n) is 13.1. The van der Waals surface area contributed by atoms with Crippen molar-refractivity contribution in [1.82, 2.24) is 47.5 Å². The number of H-pyrrole nitrogens is 1.